The summed E-state index contributed by atoms with van der Waals surface area (Å²) in [7, 11) is 3.07. The molecule has 0 aliphatic carbocycles. The number of carbonyl (C=O) groups excluding carboxylic acids is 2. The van der Waals surface area contributed by atoms with Gasteiger partial charge in [-0.2, -0.15) is 5.26 Å². The molecule has 4 rings (SSSR count). The fourth-order valence-electron chi connectivity index (χ4n) is 3.96. The first kappa shape index (κ1) is 22.6. The van der Waals surface area contributed by atoms with Gasteiger partial charge in [-0.15, -0.1) is 0 Å². The SMILES string of the molecule is COc1ccc(OC)c(NC2=C(c3ccc(C)cc3C)C(=O)N(c3ccc(C#N)cc3)C2=O)c1. The summed E-state index contributed by atoms with van der Waals surface area (Å²) in [6.45, 7) is 3.87. The summed E-state index contributed by atoms with van der Waals surface area (Å²) in [6, 6.07) is 19.2. The average molecular weight is 453 g/mol. The lowest BCUT2D eigenvalue weighted by molar-refractivity contribution is -0.120. The van der Waals surface area contributed by atoms with Gasteiger partial charge in [0.05, 0.1) is 42.8 Å². The molecule has 1 aliphatic rings. The fourth-order valence-corrected chi connectivity index (χ4v) is 3.96. The normalized spacial score (nSPS) is 13.2. The summed E-state index contributed by atoms with van der Waals surface area (Å²) in [5, 5.41) is 12.2. The van der Waals surface area contributed by atoms with E-state index in [0.29, 0.717) is 34.0 Å². The van der Waals surface area contributed by atoms with Crippen LogP contribution in [0.3, 0.4) is 0 Å². The molecule has 3 aromatic rings. The number of amides is 2. The summed E-state index contributed by atoms with van der Waals surface area (Å²) in [4.78, 5) is 28.4. The minimum Gasteiger partial charge on any atom is -0.497 e. The van der Waals surface area contributed by atoms with Gasteiger partial charge in [0, 0.05) is 6.07 Å². The molecule has 34 heavy (non-hydrogen) atoms. The van der Waals surface area contributed by atoms with Crippen LogP contribution < -0.4 is 19.7 Å². The van der Waals surface area contributed by atoms with Crippen LogP contribution in [0.2, 0.25) is 0 Å². The van der Waals surface area contributed by atoms with Gasteiger partial charge in [0.1, 0.15) is 17.2 Å². The maximum atomic E-state index is 13.7. The van der Waals surface area contributed by atoms with E-state index in [9.17, 15) is 9.59 Å². The van der Waals surface area contributed by atoms with E-state index in [0.717, 1.165) is 16.0 Å². The Morgan fingerprint density at radius 3 is 2.24 bits per heavy atom. The molecule has 1 heterocycles. The van der Waals surface area contributed by atoms with E-state index >= 15 is 0 Å². The topological polar surface area (TPSA) is 91.7 Å². The zero-order chi connectivity index (χ0) is 24.4. The minimum absolute atomic E-state index is 0.132. The van der Waals surface area contributed by atoms with Gasteiger partial charge in [0.2, 0.25) is 0 Å². The van der Waals surface area contributed by atoms with Gasteiger partial charge in [0.15, 0.2) is 0 Å². The Morgan fingerprint density at radius 2 is 1.62 bits per heavy atom. The van der Waals surface area contributed by atoms with Gasteiger partial charge in [-0.25, -0.2) is 4.90 Å². The van der Waals surface area contributed by atoms with E-state index in [-0.39, 0.29) is 11.3 Å². The molecular formula is C27H23N3O4. The number of rotatable bonds is 6. The van der Waals surface area contributed by atoms with Gasteiger partial charge >= 0.3 is 0 Å². The molecule has 0 aromatic heterocycles. The Kier molecular flexibility index (Phi) is 6.07. The quantitative estimate of drug-likeness (QED) is 0.549. The van der Waals surface area contributed by atoms with Crippen molar-refractivity contribution in [3.05, 3.63) is 88.6 Å². The summed E-state index contributed by atoms with van der Waals surface area (Å²) in [5.41, 5.74) is 4.27. The van der Waals surface area contributed by atoms with Gasteiger partial charge in [0.25, 0.3) is 11.8 Å². The Balaban J connectivity index is 1.87. The van der Waals surface area contributed by atoms with Crippen LogP contribution in [0, 0.1) is 25.2 Å². The van der Waals surface area contributed by atoms with Crippen molar-refractivity contribution in [3.8, 4) is 17.6 Å². The lowest BCUT2D eigenvalue weighted by Gasteiger charge is -2.16. The number of hydrogen-bond donors (Lipinski definition) is 1. The van der Waals surface area contributed by atoms with Crippen molar-refractivity contribution in [2.75, 3.05) is 24.4 Å². The van der Waals surface area contributed by atoms with Crippen LogP contribution in [0.4, 0.5) is 11.4 Å². The van der Waals surface area contributed by atoms with Gasteiger partial charge in [-0.1, -0.05) is 23.8 Å². The first-order chi connectivity index (χ1) is 16.4. The van der Waals surface area contributed by atoms with Crippen LogP contribution >= 0.6 is 0 Å². The van der Waals surface area contributed by atoms with E-state index in [4.69, 9.17) is 14.7 Å². The van der Waals surface area contributed by atoms with E-state index in [1.165, 1.54) is 7.11 Å². The van der Waals surface area contributed by atoms with Gasteiger partial charge in [-0.05, 0) is 61.4 Å². The number of carbonyl (C=O) groups is 2. The maximum absolute atomic E-state index is 13.7. The van der Waals surface area contributed by atoms with E-state index in [1.54, 1.807) is 49.6 Å². The number of benzene rings is 3. The highest BCUT2D eigenvalue weighted by molar-refractivity contribution is 6.46. The second-order valence-corrected chi connectivity index (χ2v) is 7.86. The van der Waals surface area contributed by atoms with Crippen molar-refractivity contribution in [1.82, 2.24) is 0 Å². The molecule has 2 amide bonds. The number of nitrogens with zero attached hydrogens (tertiary/aromatic N) is 2. The monoisotopic (exact) mass is 453 g/mol. The van der Waals surface area contributed by atoms with E-state index < -0.39 is 11.8 Å². The molecule has 0 radical (unpaired) electrons. The number of nitrogens with one attached hydrogen (secondary N) is 1. The smallest absolute Gasteiger partial charge is 0.282 e. The predicted octanol–water partition coefficient (Wildman–Crippen LogP) is 4.59. The summed E-state index contributed by atoms with van der Waals surface area (Å²) >= 11 is 0. The van der Waals surface area contributed by atoms with Crippen LogP contribution in [0.5, 0.6) is 11.5 Å². The Hall–Kier alpha value is -4.57. The van der Waals surface area contributed by atoms with Crippen LogP contribution in [0.25, 0.3) is 5.57 Å². The number of ether oxygens (including phenoxy) is 2. The van der Waals surface area contributed by atoms with Crippen LogP contribution in [0.1, 0.15) is 22.3 Å². The number of imide groups is 1. The zero-order valence-corrected chi connectivity index (χ0v) is 19.3. The largest absolute Gasteiger partial charge is 0.497 e. The summed E-state index contributed by atoms with van der Waals surface area (Å²) in [5.74, 6) is 0.101. The first-order valence-corrected chi connectivity index (χ1v) is 10.6. The molecule has 0 unspecified atom stereocenters. The van der Waals surface area contributed by atoms with Gasteiger partial charge < -0.3 is 14.8 Å². The van der Waals surface area contributed by atoms with Crippen molar-refractivity contribution >= 4 is 28.8 Å². The molecule has 1 aliphatic heterocycles. The van der Waals surface area contributed by atoms with E-state index in [1.807, 2.05) is 38.1 Å². The molecule has 0 atom stereocenters. The Morgan fingerprint density at radius 1 is 0.882 bits per heavy atom. The highest BCUT2D eigenvalue weighted by atomic mass is 16.5. The summed E-state index contributed by atoms with van der Waals surface area (Å²) in [6.07, 6.45) is 0. The van der Waals surface area contributed by atoms with Crippen LogP contribution in [0.15, 0.2) is 66.4 Å². The van der Waals surface area contributed by atoms with Crippen molar-refractivity contribution in [2.45, 2.75) is 13.8 Å². The molecule has 0 saturated heterocycles. The van der Waals surface area contributed by atoms with Crippen LogP contribution in [-0.4, -0.2) is 26.0 Å². The molecule has 170 valence electrons. The van der Waals surface area contributed by atoms with E-state index in [2.05, 4.69) is 5.32 Å². The molecule has 0 saturated carbocycles. The number of aryl methyl sites for hydroxylation is 2. The second kappa shape index (κ2) is 9.12. The second-order valence-electron chi connectivity index (χ2n) is 7.86. The van der Waals surface area contributed by atoms with Crippen molar-refractivity contribution in [2.24, 2.45) is 0 Å². The third kappa shape index (κ3) is 3.97. The number of methoxy groups -OCH3 is 2. The lowest BCUT2D eigenvalue weighted by atomic mass is 9.97. The molecular weight excluding hydrogens is 430 g/mol. The van der Waals surface area contributed by atoms with Crippen molar-refractivity contribution in [3.63, 3.8) is 0 Å². The molecule has 0 spiro atoms. The molecule has 7 heteroatoms. The zero-order valence-electron chi connectivity index (χ0n) is 19.3. The highest BCUT2D eigenvalue weighted by Gasteiger charge is 2.41. The molecule has 0 bridgehead atoms. The summed E-state index contributed by atoms with van der Waals surface area (Å²) < 4.78 is 10.8. The predicted molar refractivity (Wildman–Crippen MR) is 130 cm³/mol. The first-order valence-electron chi connectivity index (χ1n) is 10.6. The Labute approximate surface area is 197 Å². The lowest BCUT2D eigenvalue weighted by Crippen LogP contribution is -2.32. The number of anilines is 2. The maximum Gasteiger partial charge on any atom is 0.282 e. The van der Waals surface area contributed by atoms with Crippen molar-refractivity contribution < 1.29 is 19.1 Å². The van der Waals surface area contributed by atoms with Gasteiger partial charge in [-0.3, -0.25) is 9.59 Å². The molecule has 3 aromatic carbocycles. The molecule has 0 fully saturated rings. The molecule has 7 nitrogen and oxygen atoms in total. The Bertz CT molecular complexity index is 1370. The molecule has 1 N–H and O–H groups in total. The van der Waals surface area contributed by atoms with Crippen molar-refractivity contribution in [1.29, 1.82) is 5.26 Å². The standard InChI is InChI=1S/C27H23N3O4/c1-16-5-11-21(17(2)13-16)24-25(29-22-14-20(33-3)10-12-23(22)34-4)27(32)30(26(24)31)19-8-6-18(15-28)7-9-19/h5-14,29H,1-4H3. The highest BCUT2D eigenvalue weighted by Crippen LogP contribution is 2.38. The van der Waals surface area contributed by atoms with Crippen LogP contribution in [-0.2, 0) is 9.59 Å². The average Bonchev–Trinajstić information content (AvgIpc) is 3.08. The number of hydrogen-bond acceptors (Lipinski definition) is 6. The third-order valence-electron chi connectivity index (χ3n) is 5.66. The third-order valence-corrected chi connectivity index (χ3v) is 5.66. The fraction of sp³-hybridized carbons (Fsp3) is 0.148. The number of nitriles is 1. The minimum atomic E-state index is -0.505.